The van der Waals surface area contributed by atoms with Crippen LogP contribution in [-0.4, -0.2) is 12.5 Å². The minimum atomic E-state index is -0.369. The van der Waals surface area contributed by atoms with E-state index in [2.05, 4.69) is 11.9 Å². The molecule has 3 heteroatoms. The lowest BCUT2D eigenvalue weighted by Gasteiger charge is -2.21. The zero-order valence-corrected chi connectivity index (χ0v) is 11.4. The molecule has 0 saturated heterocycles. The third-order valence-electron chi connectivity index (χ3n) is 3.85. The van der Waals surface area contributed by atoms with Gasteiger partial charge in [-0.15, -0.1) is 0 Å². The van der Waals surface area contributed by atoms with Gasteiger partial charge >= 0.3 is 0 Å². The molecule has 3 nitrogen and oxygen atoms in total. The van der Waals surface area contributed by atoms with E-state index in [0.29, 0.717) is 5.56 Å². The van der Waals surface area contributed by atoms with E-state index in [1.807, 2.05) is 12.1 Å². The molecule has 103 valence electrons. The molecule has 0 spiro atoms. The Bertz CT molecular complexity index is 394. The van der Waals surface area contributed by atoms with Crippen LogP contribution in [0.25, 0.3) is 0 Å². The highest BCUT2D eigenvalue weighted by Gasteiger charge is 2.12. The van der Waals surface area contributed by atoms with E-state index >= 15 is 0 Å². The summed E-state index contributed by atoms with van der Waals surface area (Å²) < 4.78 is 0. The quantitative estimate of drug-likeness (QED) is 0.772. The highest BCUT2D eigenvalue weighted by Crippen LogP contribution is 2.22. The van der Waals surface area contributed by atoms with Gasteiger partial charge in [0.2, 0.25) is 5.91 Å². The first-order valence-corrected chi connectivity index (χ1v) is 7.19. The van der Waals surface area contributed by atoms with Crippen LogP contribution in [0.5, 0.6) is 0 Å². The highest BCUT2D eigenvalue weighted by molar-refractivity contribution is 5.92. The maximum absolute atomic E-state index is 10.9. The van der Waals surface area contributed by atoms with Crippen LogP contribution in [0.15, 0.2) is 24.3 Å². The van der Waals surface area contributed by atoms with Gasteiger partial charge in [0.25, 0.3) is 0 Å². The second-order valence-corrected chi connectivity index (χ2v) is 5.38. The van der Waals surface area contributed by atoms with Crippen molar-refractivity contribution < 1.29 is 4.79 Å². The summed E-state index contributed by atoms with van der Waals surface area (Å²) in [7, 11) is 0. The van der Waals surface area contributed by atoms with Gasteiger partial charge in [0.1, 0.15) is 0 Å². The van der Waals surface area contributed by atoms with Crippen molar-refractivity contribution in [3.63, 3.8) is 0 Å². The molecule has 1 amide bonds. The van der Waals surface area contributed by atoms with Gasteiger partial charge in [-0.1, -0.05) is 31.4 Å². The Morgan fingerprint density at radius 2 is 1.89 bits per heavy atom. The van der Waals surface area contributed by atoms with E-state index in [1.165, 1.54) is 37.7 Å². The average molecular weight is 259 g/mol. The molecule has 0 unspecified atom stereocenters. The fraction of sp³-hybridized carbons (Fsp3) is 0.500. The van der Waals surface area contributed by atoms with Crippen molar-refractivity contribution >= 4 is 5.91 Å². The van der Waals surface area contributed by atoms with Crippen LogP contribution in [0, 0.1) is 12.5 Å². The molecule has 1 aromatic carbocycles. The van der Waals surface area contributed by atoms with E-state index in [0.717, 1.165) is 18.9 Å². The van der Waals surface area contributed by atoms with Gasteiger partial charge in [-0.25, -0.2) is 0 Å². The Labute approximate surface area is 115 Å². The molecule has 1 aliphatic carbocycles. The predicted molar refractivity (Wildman–Crippen MR) is 77.5 cm³/mol. The molecule has 0 aromatic heterocycles. The monoisotopic (exact) mass is 259 g/mol. The fourth-order valence-electron chi connectivity index (χ4n) is 2.64. The smallest absolute Gasteiger partial charge is 0.248 e. The third kappa shape index (κ3) is 4.67. The fourth-order valence-corrected chi connectivity index (χ4v) is 2.64. The summed E-state index contributed by atoms with van der Waals surface area (Å²) in [6, 6.07) is 7.48. The van der Waals surface area contributed by atoms with Crippen LogP contribution < -0.4 is 11.1 Å². The molecule has 2 rings (SSSR count). The van der Waals surface area contributed by atoms with E-state index in [1.54, 1.807) is 12.1 Å². The van der Waals surface area contributed by atoms with Crippen LogP contribution in [-0.2, 0) is 6.42 Å². The number of hydrogen-bond acceptors (Lipinski definition) is 2. The number of benzene rings is 1. The Morgan fingerprint density at radius 3 is 2.53 bits per heavy atom. The number of nitrogens with one attached hydrogen (secondary N) is 1. The van der Waals surface area contributed by atoms with Crippen molar-refractivity contribution in [1.82, 2.24) is 5.32 Å². The minimum Gasteiger partial charge on any atom is -0.366 e. The average Bonchev–Trinajstić information content (AvgIpc) is 2.45. The van der Waals surface area contributed by atoms with Gasteiger partial charge < -0.3 is 11.1 Å². The zero-order valence-electron chi connectivity index (χ0n) is 11.4. The SMILES string of the molecule is NC(=O)c1ccc(C[CH]NCC2CCCCC2)cc1. The molecular weight excluding hydrogens is 236 g/mol. The molecule has 0 atom stereocenters. The Balaban J connectivity index is 1.66. The summed E-state index contributed by atoms with van der Waals surface area (Å²) in [5.74, 6) is 0.480. The van der Waals surface area contributed by atoms with Gasteiger partial charge in [-0.2, -0.15) is 0 Å². The van der Waals surface area contributed by atoms with Crippen molar-refractivity contribution in [2.24, 2.45) is 11.7 Å². The lowest BCUT2D eigenvalue weighted by molar-refractivity contribution is 0.100. The Kier molecular flexibility index (Phi) is 5.40. The minimum absolute atomic E-state index is 0.369. The first kappa shape index (κ1) is 14.1. The maximum atomic E-state index is 10.9. The first-order valence-electron chi connectivity index (χ1n) is 7.19. The normalized spacial score (nSPS) is 16.4. The summed E-state index contributed by atoms with van der Waals surface area (Å²) in [5, 5.41) is 3.42. The predicted octanol–water partition coefficient (Wildman–Crippen LogP) is 2.66. The number of rotatable bonds is 6. The number of primary amides is 1. The molecule has 1 radical (unpaired) electrons. The van der Waals surface area contributed by atoms with Crippen LogP contribution in [0.4, 0.5) is 0 Å². The topological polar surface area (TPSA) is 55.1 Å². The molecule has 0 bridgehead atoms. The van der Waals surface area contributed by atoms with E-state index in [4.69, 9.17) is 5.73 Å². The van der Waals surface area contributed by atoms with Crippen LogP contribution in [0.3, 0.4) is 0 Å². The van der Waals surface area contributed by atoms with Crippen LogP contribution >= 0.6 is 0 Å². The highest BCUT2D eigenvalue weighted by atomic mass is 16.1. The van der Waals surface area contributed by atoms with Crippen molar-refractivity contribution in [2.75, 3.05) is 6.54 Å². The summed E-state index contributed by atoms with van der Waals surface area (Å²) in [4.78, 5) is 10.9. The van der Waals surface area contributed by atoms with Crippen molar-refractivity contribution in [1.29, 1.82) is 0 Å². The molecule has 19 heavy (non-hydrogen) atoms. The molecule has 1 aromatic rings. The lowest BCUT2D eigenvalue weighted by atomic mass is 9.89. The lowest BCUT2D eigenvalue weighted by Crippen LogP contribution is -2.23. The Hall–Kier alpha value is -1.35. The largest absolute Gasteiger partial charge is 0.366 e. The Morgan fingerprint density at radius 1 is 1.21 bits per heavy atom. The molecule has 1 aliphatic rings. The van der Waals surface area contributed by atoms with Gasteiger partial charge in [-0.05, 0) is 49.4 Å². The van der Waals surface area contributed by atoms with Gasteiger partial charge in [0.15, 0.2) is 0 Å². The number of hydrogen-bond donors (Lipinski definition) is 2. The molecule has 1 fully saturated rings. The molecule has 0 heterocycles. The first-order chi connectivity index (χ1) is 9.25. The van der Waals surface area contributed by atoms with E-state index in [-0.39, 0.29) is 5.91 Å². The summed E-state index contributed by atoms with van der Waals surface area (Å²) in [6.07, 6.45) is 7.81. The van der Waals surface area contributed by atoms with Gasteiger partial charge in [-0.3, -0.25) is 4.79 Å². The molecule has 3 N–H and O–H groups in total. The van der Waals surface area contributed by atoms with E-state index < -0.39 is 0 Å². The molecule has 1 saturated carbocycles. The molecule has 0 aliphatic heterocycles. The summed E-state index contributed by atoms with van der Waals surface area (Å²) in [6.45, 7) is 3.22. The number of amides is 1. The third-order valence-corrected chi connectivity index (χ3v) is 3.85. The van der Waals surface area contributed by atoms with Gasteiger partial charge in [0.05, 0.1) is 0 Å². The second kappa shape index (κ2) is 7.29. The number of carbonyl (C=O) groups is 1. The number of nitrogens with two attached hydrogens (primary N) is 1. The van der Waals surface area contributed by atoms with Crippen LogP contribution in [0.2, 0.25) is 0 Å². The van der Waals surface area contributed by atoms with Gasteiger partial charge in [0, 0.05) is 12.1 Å². The van der Waals surface area contributed by atoms with Crippen molar-refractivity contribution in [2.45, 2.75) is 38.5 Å². The number of carbonyl (C=O) groups excluding carboxylic acids is 1. The molecular formula is C16H23N2O. The summed E-state index contributed by atoms with van der Waals surface area (Å²) in [5.41, 5.74) is 6.97. The van der Waals surface area contributed by atoms with Crippen LogP contribution in [0.1, 0.15) is 48.0 Å². The second-order valence-electron chi connectivity index (χ2n) is 5.38. The van der Waals surface area contributed by atoms with Crippen molar-refractivity contribution in [3.8, 4) is 0 Å². The summed E-state index contributed by atoms with van der Waals surface area (Å²) >= 11 is 0. The maximum Gasteiger partial charge on any atom is 0.248 e. The van der Waals surface area contributed by atoms with Crippen molar-refractivity contribution in [3.05, 3.63) is 41.9 Å². The standard InChI is InChI=1S/C16H23N2O/c17-16(19)15-8-6-13(7-9-15)10-11-18-12-14-4-2-1-3-5-14/h6-9,11,14,18H,1-5,10,12H2,(H2,17,19). The zero-order chi connectivity index (χ0) is 13.5. The van der Waals surface area contributed by atoms with E-state index in [9.17, 15) is 4.79 Å².